The molecule has 0 saturated carbocycles. The molecule has 2 aromatic heterocycles. The minimum absolute atomic E-state index is 0.0294. The Bertz CT molecular complexity index is 984. The molecular formula is C21H23N5O2. The van der Waals surface area contributed by atoms with Crippen LogP contribution in [0.25, 0.3) is 11.3 Å². The molecule has 1 aliphatic rings. The molecule has 1 atom stereocenters. The number of hydrogen-bond donors (Lipinski definition) is 1. The molecule has 0 spiro atoms. The zero-order valence-electron chi connectivity index (χ0n) is 16.1. The van der Waals surface area contributed by atoms with Gasteiger partial charge in [-0.1, -0.05) is 18.2 Å². The van der Waals surface area contributed by atoms with Crippen molar-refractivity contribution in [1.29, 1.82) is 0 Å². The summed E-state index contributed by atoms with van der Waals surface area (Å²) in [4.78, 5) is 23.9. The van der Waals surface area contributed by atoms with Gasteiger partial charge in [0.2, 0.25) is 5.88 Å². The molecule has 4 rings (SSSR count). The van der Waals surface area contributed by atoms with Crippen molar-refractivity contribution < 1.29 is 9.53 Å². The number of nitrogens with zero attached hydrogens (tertiary/aromatic N) is 4. The lowest BCUT2D eigenvalue weighted by molar-refractivity contribution is 0.0704. The monoisotopic (exact) mass is 377 g/mol. The van der Waals surface area contributed by atoms with Gasteiger partial charge in [0.15, 0.2) is 5.82 Å². The number of aryl methyl sites for hydroxylation is 1. The first-order valence-corrected chi connectivity index (χ1v) is 9.43. The van der Waals surface area contributed by atoms with Crippen molar-refractivity contribution in [3.63, 3.8) is 0 Å². The number of H-pyrrole nitrogens is 1. The van der Waals surface area contributed by atoms with Crippen LogP contribution in [-0.4, -0.2) is 51.2 Å². The number of nitrogens with one attached hydrogen (secondary N) is 1. The number of piperidine rings is 1. The normalized spacial score (nSPS) is 16.8. The number of carbonyl (C=O) groups is 1. The van der Waals surface area contributed by atoms with Gasteiger partial charge < -0.3 is 9.64 Å². The third-order valence-electron chi connectivity index (χ3n) is 5.03. The fraction of sp³-hybridized carbons (Fsp3) is 0.333. The van der Waals surface area contributed by atoms with Crippen LogP contribution >= 0.6 is 0 Å². The van der Waals surface area contributed by atoms with Crippen LogP contribution in [0.4, 0.5) is 0 Å². The summed E-state index contributed by atoms with van der Waals surface area (Å²) in [7, 11) is 1.59. The van der Waals surface area contributed by atoms with Crippen LogP contribution in [0.3, 0.4) is 0 Å². The van der Waals surface area contributed by atoms with Crippen LogP contribution in [0.2, 0.25) is 0 Å². The minimum atomic E-state index is 0.0294. The van der Waals surface area contributed by atoms with Crippen LogP contribution in [0, 0.1) is 6.92 Å². The van der Waals surface area contributed by atoms with Crippen molar-refractivity contribution in [2.24, 2.45) is 0 Å². The average molecular weight is 377 g/mol. The van der Waals surface area contributed by atoms with Crippen LogP contribution in [-0.2, 0) is 0 Å². The summed E-state index contributed by atoms with van der Waals surface area (Å²) in [5.74, 6) is 2.35. The summed E-state index contributed by atoms with van der Waals surface area (Å²) >= 11 is 0. The second kappa shape index (κ2) is 7.80. The van der Waals surface area contributed by atoms with E-state index in [2.05, 4.69) is 20.2 Å². The van der Waals surface area contributed by atoms with E-state index in [1.807, 2.05) is 48.2 Å². The quantitative estimate of drug-likeness (QED) is 0.755. The first-order valence-electron chi connectivity index (χ1n) is 9.43. The Morgan fingerprint density at radius 3 is 2.86 bits per heavy atom. The number of carbonyl (C=O) groups excluding carboxylic acids is 1. The van der Waals surface area contributed by atoms with E-state index in [1.165, 1.54) is 0 Å². The molecule has 1 unspecified atom stereocenters. The number of methoxy groups -OCH3 is 1. The van der Waals surface area contributed by atoms with Crippen molar-refractivity contribution >= 4 is 5.91 Å². The SMILES string of the molecule is COc1cccc(-c2cccc(C(=O)N3CCCC(c4n[nH]c(C)n4)C3)c2)n1. The number of ether oxygens (including phenoxy) is 1. The molecule has 3 aromatic rings. The van der Waals surface area contributed by atoms with Crippen molar-refractivity contribution in [1.82, 2.24) is 25.1 Å². The van der Waals surface area contributed by atoms with E-state index in [4.69, 9.17) is 4.74 Å². The van der Waals surface area contributed by atoms with Gasteiger partial charge in [-0.05, 0) is 38.0 Å². The summed E-state index contributed by atoms with van der Waals surface area (Å²) < 4.78 is 5.20. The molecule has 7 nitrogen and oxygen atoms in total. The van der Waals surface area contributed by atoms with Gasteiger partial charge >= 0.3 is 0 Å². The Balaban J connectivity index is 1.54. The molecule has 1 N–H and O–H groups in total. The number of rotatable bonds is 4. The summed E-state index contributed by atoms with van der Waals surface area (Å²) in [6, 6.07) is 13.2. The maximum Gasteiger partial charge on any atom is 0.253 e. The van der Waals surface area contributed by atoms with Gasteiger partial charge in [-0.3, -0.25) is 9.89 Å². The lowest BCUT2D eigenvalue weighted by atomic mass is 9.96. The molecule has 3 heterocycles. The van der Waals surface area contributed by atoms with Crippen molar-refractivity contribution in [3.8, 4) is 17.1 Å². The molecular weight excluding hydrogens is 354 g/mol. The lowest BCUT2D eigenvalue weighted by Crippen LogP contribution is -2.39. The summed E-state index contributed by atoms with van der Waals surface area (Å²) in [5, 5.41) is 7.18. The van der Waals surface area contributed by atoms with Gasteiger partial charge in [0, 0.05) is 36.2 Å². The van der Waals surface area contributed by atoms with Crippen LogP contribution in [0.15, 0.2) is 42.5 Å². The molecule has 28 heavy (non-hydrogen) atoms. The van der Waals surface area contributed by atoms with Gasteiger partial charge in [-0.25, -0.2) is 9.97 Å². The molecule has 1 amide bonds. The molecule has 7 heteroatoms. The molecule has 1 fully saturated rings. The van der Waals surface area contributed by atoms with Gasteiger partial charge in [-0.15, -0.1) is 0 Å². The molecule has 1 saturated heterocycles. The van der Waals surface area contributed by atoms with E-state index in [9.17, 15) is 4.79 Å². The highest BCUT2D eigenvalue weighted by atomic mass is 16.5. The first-order chi connectivity index (χ1) is 13.6. The lowest BCUT2D eigenvalue weighted by Gasteiger charge is -2.31. The summed E-state index contributed by atoms with van der Waals surface area (Å²) in [5.41, 5.74) is 2.33. The highest BCUT2D eigenvalue weighted by molar-refractivity contribution is 5.95. The van der Waals surface area contributed by atoms with Crippen molar-refractivity contribution in [3.05, 3.63) is 59.7 Å². The molecule has 0 aliphatic carbocycles. The van der Waals surface area contributed by atoms with Gasteiger partial charge in [0.1, 0.15) is 5.82 Å². The number of hydrogen-bond acceptors (Lipinski definition) is 5. The van der Waals surface area contributed by atoms with Crippen LogP contribution in [0.5, 0.6) is 5.88 Å². The van der Waals surface area contributed by atoms with E-state index in [1.54, 1.807) is 13.2 Å². The van der Waals surface area contributed by atoms with E-state index in [-0.39, 0.29) is 11.8 Å². The van der Waals surface area contributed by atoms with Crippen molar-refractivity contribution in [2.45, 2.75) is 25.7 Å². The van der Waals surface area contributed by atoms with Crippen LogP contribution < -0.4 is 4.74 Å². The predicted molar refractivity (Wildman–Crippen MR) is 105 cm³/mol. The first kappa shape index (κ1) is 18.2. The smallest absolute Gasteiger partial charge is 0.253 e. The topological polar surface area (TPSA) is 84.0 Å². The molecule has 1 aromatic carbocycles. The summed E-state index contributed by atoms with van der Waals surface area (Å²) in [6.07, 6.45) is 1.94. The Kier molecular flexibility index (Phi) is 5.06. The average Bonchev–Trinajstić information content (AvgIpc) is 3.20. The molecule has 144 valence electrons. The number of benzene rings is 1. The number of likely N-dealkylation sites (tertiary alicyclic amines) is 1. The van der Waals surface area contributed by atoms with E-state index < -0.39 is 0 Å². The highest BCUT2D eigenvalue weighted by Crippen LogP contribution is 2.27. The van der Waals surface area contributed by atoms with Gasteiger partial charge in [0.05, 0.1) is 12.8 Å². The van der Waals surface area contributed by atoms with Crippen molar-refractivity contribution in [2.75, 3.05) is 20.2 Å². The second-order valence-corrected chi connectivity index (χ2v) is 7.02. The Labute approximate surface area is 163 Å². The standard InChI is InChI=1S/C21H23N5O2/c1-14-22-20(25-24-14)17-8-5-11-26(13-17)21(27)16-7-3-6-15(12-16)18-9-4-10-19(23-18)28-2/h3-4,6-7,9-10,12,17H,5,8,11,13H2,1-2H3,(H,22,24,25). The zero-order chi connectivity index (χ0) is 19.5. The second-order valence-electron chi connectivity index (χ2n) is 7.02. The zero-order valence-corrected chi connectivity index (χ0v) is 16.1. The van der Waals surface area contributed by atoms with Gasteiger partial charge in [-0.2, -0.15) is 5.10 Å². The minimum Gasteiger partial charge on any atom is -0.481 e. The molecule has 1 aliphatic heterocycles. The maximum absolute atomic E-state index is 13.1. The maximum atomic E-state index is 13.1. The predicted octanol–water partition coefficient (Wildman–Crippen LogP) is 3.20. The number of aromatic amines is 1. The molecule has 0 radical (unpaired) electrons. The number of aromatic nitrogens is 4. The Morgan fingerprint density at radius 1 is 1.21 bits per heavy atom. The molecule has 0 bridgehead atoms. The Hall–Kier alpha value is -3.22. The van der Waals surface area contributed by atoms with Crippen LogP contribution in [0.1, 0.15) is 40.8 Å². The Morgan fingerprint density at radius 2 is 2.07 bits per heavy atom. The fourth-order valence-corrected chi connectivity index (χ4v) is 3.60. The third-order valence-corrected chi connectivity index (χ3v) is 5.03. The van der Waals surface area contributed by atoms with Gasteiger partial charge in [0.25, 0.3) is 5.91 Å². The fourth-order valence-electron chi connectivity index (χ4n) is 3.60. The van der Waals surface area contributed by atoms with E-state index in [0.29, 0.717) is 18.0 Å². The van der Waals surface area contributed by atoms with E-state index in [0.717, 1.165) is 42.3 Å². The number of amides is 1. The highest BCUT2D eigenvalue weighted by Gasteiger charge is 2.27. The largest absolute Gasteiger partial charge is 0.481 e. The van der Waals surface area contributed by atoms with E-state index >= 15 is 0 Å². The summed E-state index contributed by atoms with van der Waals surface area (Å²) in [6.45, 7) is 3.28. The third kappa shape index (κ3) is 3.74. The number of pyridine rings is 1.